The fraction of sp³-hybridized carbons (Fsp3) is 0.111. The predicted octanol–water partition coefficient (Wildman–Crippen LogP) is 3.09. The maximum atomic E-state index is 12.6. The second kappa shape index (κ2) is 6.97. The van der Waals surface area contributed by atoms with Gasteiger partial charge in [-0.15, -0.1) is 0 Å². The number of anilines is 1. The summed E-state index contributed by atoms with van der Waals surface area (Å²) in [6, 6.07) is 16.1. The summed E-state index contributed by atoms with van der Waals surface area (Å²) in [6.07, 6.45) is 3.16. The minimum atomic E-state index is -3.89. The van der Waals surface area contributed by atoms with Gasteiger partial charge in [-0.05, 0) is 42.3 Å². The maximum absolute atomic E-state index is 12.6. The van der Waals surface area contributed by atoms with Gasteiger partial charge in [0.15, 0.2) is 0 Å². The molecule has 0 radical (unpaired) electrons. The van der Waals surface area contributed by atoms with E-state index in [-0.39, 0.29) is 9.79 Å². The van der Waals surface area contributed by atoms with Crippen LogP contribution in [0.4, 0.5) is 5.69 Å². The van der Waals surface area contributed by atoms with Crippen molar-refractivity contribution in [1.82, 2.24) is 3.97 Å². The van der Waals surface area contributed by atoms with Gasteiger partial charge in [-0.25, -0.2) is 20.8 Å². The fourth-order valence-corrected chi connectivity index (χ4v) is 4.74. The summed E-state index contributed by atoms with van der Waals surface area (Å²) in [4.78, 5) is -0.0424. The molecule has 0 aliphatic heterocycles. The van der Waals surface area contributed by atoms with Crippen LogP contribution in [0.2, 0.25) is 0 Å². The minimum absolute atomic E-state index is 0.0858. The summed E-state index contributed by atoms with van der Waals surface area (Å²) in [6.45, 7) is 2.01. The van der Waals surface area contributed by atoms with Crippen LogP contribution in [0.25, 0.3) is 0 Å². The lowest BCUT2D eigenvalue weighted by Crippen LogP contribution is -2.14. The summed E-state index contributed by atoms with van der Waals surface area (Å²) in [5, 5.41) is 0. The Morgan fingerprint density at radius 3 is 2.12 bits per heavy atom. The number of benzene rings is 2. The normalized spacial score (nSPS) is 12.0. The van der Waals surface area contributed by atoms with Crippen molar-refractivity contribution in [2.45, 2.75) is 23.1 Å². The Bertz CT molecular complexity index is 1100. The molecule has 2 aromatic carbocycles. The zero-order chi connectivity index (χ0) is 18.8. The van der Waals surface area contributed by atoms with E-state index in [1.165, 1.54) is 24.4 Å². The Morgan fingerprint density at radius 2 is 1.50 bits per heavy atom. The quantitative estimate of drug-likeness (QED) is 0.701. The van der Waals surface area contributed by atoms with Crippen molar-refractivity contribution in [1.29, 1.82) is 0 Å². The predicted molar refractivity (Wildman–Crippen MR) is 100 cm³/mol. The van der Waals surface area contributed by atoms with E-state index in [9.17, 15) is 16.8 Å². The van der Waals surface area contributed by atoms with Crippen molar-refractivity contribution in [3.63, 3.8) is 0 Å². The molecule has 0 unspecified atom stereocenters. The largest absolute Gasteiger partial charge is 0.280 e. The lowest BCUT2D eigenvalue weighted by molar-refractivity contribution is 0.587. The number of aryl methyl sites for hydroxylation is 1. The number of aromatic nitrogens is 1. The first-order valence-corrected chi connectivity index (χ1v) is 10.9. The highest BCUT2D eigenvalue weighted by Gasteiger charge is 2.21. The Kier molecular flexibility index (Phi) is 4.88. The molecule has 0 aliphatic carbocycles. The Balaban J connectivity index is 1.88. The molecule has 26 heavy (non-hydrogen) atoms. The van der Waals surface area contributed by atoms with Crippen LogP contribution in [-0.4, -0.2) is 20.8 Å². The number of sulfonamides is 1. The van der Waals surface area contributed by atoms with E-state index < -0.39 is 20.0 Å². The summed E-state index contributed by atoms with van der Waals surface area (Å²) in [7, 11) is -7.73. The Hall–Kier alpha value is -2.58. The highest BCUT2D eigenvalue weighted by Crippen LogP contribution is 2.20. The second-order valence-corrected chi connectivity index (χ2v) is 9.18. The van der Waals surface area contributed by atoms with Gasteiger partial charge in [-0.2, -0.15) is 0 Å². The second-order valence-electron chi connectivity index (χ2n) is 5.65. The lowest BCUT2D eigenvalue weighted by atomic mass is 10.2. The molecule has 3 aromatic rings. The van der Waals surface area contributed by atoms with Gasteiger partial charge in [0.25, 0.3) is 20.0 Å². The van der Waals surface area contributed by atoms with Gasteiger partial charge in [0, 0.05) is 18.1 Å². The van der Waals surface area contributed by atoms with E-state index in [1.54, 1.807) is 30.3 Å². The molecular formula is C18H18N2O4S2. The van der Waals surface area contributed by atoms with Crippen molar-refractivity contribution in [3.05, 3.63) is 78.6 Å². The molecule has 1 heterocycles. The van der Waals surface area contributed by atoms with Gasteiger partial charge in [0.05, 0.1) is 4.90 Å². The first kappa shape index (κ1) is 18.2. The van der Waals surface area contributed by atoms with Crippen LogP contribution >= 0.6 is 0 Å². The highest BCUT2D eigenvalue weighted by atomic mass is 32.2. The molecule has 0 fully saturated rings. The summed E-state index contributed by atoms with van der Waals surface area (Å²) >= 11 is 0. The molecule has 0 aliphatic rings. The molecule has 6 nitrogen and oxygen atoms in total. The third-order valence-corrected chi connectivity index (χ3v) is 6.90. The molecule has 0 saturated heterocycles. The van der Waals surface area contributed by atoms with Gasteiger partial charge >= 0.3 is 0 Å². The van der Waals surface area contributed by atoms with E-state index in [2.05, 4.69) is 4.72 Å². The minimum Gasteiger partial charge on any atom is -0.280 e. The van der Waals surface area contributed by atoms with Crippen molar-refractivity contribution in [2.24, 2.45) is 0 Å². The van der Waals surface area contributed by atoms with Crippen LogP contribution in [0.15, 0.2) is 82.8 Å². The Morgan fingerprint density at radius 1 is 0.846 bits per heavy atom. The Labute approximate surface area is 153 Å². The number of rotatable bonds is 6. The molecule has 8 heteroatoms. The molecule has 1 N–H and O–H groups in total. The van der Waals surface area contributed by atoms with Gasteiger partial charge in [-0.3, -0.25) is 4.72 Å². The summed E-state index contributed by atoms with van der Waals surface area (Å²) < 4.78 is 53.5. The van der Waals surface area contributed by atoms with E-state index in [0.717, 1.165) is 22.2 Å². The number of nitrogens with one attached hydrogen (secondary N) is 1. The molecule has 0 amide bonds. The first-order chi connectivity index (χ1) is 12.3. The molecule has 136 valence electrons. The van der Waals surface area contributed by atoms with E-state index in [1.807, 2.05) is 19.1 Å². The average Bonchev–Trinajstić information content (AvgIpc) is 3.15. The van der Waals surface area contributed by atoms with Crippen LogP contribution in [0.3, 0.4) is 0 Å². The number of hydrogen-bond donors (Lipinski definition) is 1. The molecular weight excluding hydrogens is 372 g/mol. The van der Waals surface area contributed by atoms with Crippen LogP contribution in [-0.2, 0) is 26.5 Å². The van der Waals surface area contributed by atoms with Gasteiger partial charge in [0.2, 0.25) is 0 Å². The van der Waals surface area contributed by atoms with Crippen LogP contribution in [0.1, 0.15) is 12.5 Å². The maximum Gasteiger partial charge on any atom is 0.267 e. The average molecular weight is 390 g/mol. The molecule has 0 saturated carbocycles. The SMILES string of the molecule is CCc1ccc(NS(=O)(=O)c2ccn(S(=O)(=O)c3ccccc3)c2)cc1. The van der Waals surface area contributed by atoms with E-state index in [0.29, 0.717) is 5.69 Å². The van der Waals surface area contributed by atoms with Crippen LogP contribution in [0, 0.1) is 0 Å². The zero-order valence-corrected chi connectivity index (χ0v) is 15.7. The number of hydrogen-bond acceptors (Lipinski definition) is 4. The molecule has 0 spiro atoms. The standard InChI is InChI=1S/C18H18N2O4S2/c1-2-15-8-10-16(11-9-15)19-25(21,22)18-12-13-20(14-18)26(23,24)17-6-4-3-5-7-17/h3-14,19H,2H2,1H3. The number of nitrogens with zero attached hydrogens (tertiary/aromatic N) is 1. The smallest absolute Gasteiger partial charge is 0.267 e. The third-order valence-electron chi connectivity index (χ3n) is 3.88. The van der Waals surface area contributed by atoms with Crippen molar-refractivity contribution < 1.29 is 16.8 Å². The van der Waals surface area contributed by atoms with E-state index in [4.69, 9.17) is 0 Å². The summed E-state index contributed by atoms with van der Waals surface area (Å²) in [5.74, 6) is 0. The molecule has 0 bridgehead atoms. The molecule has 0 atom stereocenters. The van der Waals surface area contributed by atoms with Crippen LogP contribution < -0.4 is 4.72 Å². The van der Waals surface area contributed by atoms with Crippen molar-refractivity contribution >= 4 is 25.7 Å². The monoisotopic (exact) mass is 390 g/mol. The van der Waals surface area contributed by atoms with Crippen molar-refractivity contribution in [3.8, 4) is 0 Å². The molecule has 3 rings (SSSR count). The van der Waals surface area contributed by atoms with Gasteiger partial charge < -0.3 is 0 Å². The third kappa shape index (κ3) is 3.66. The summed E-state index contributed by atoms with van der Waals surface area (Å²) in [5.41, 5.74) is 1.51. The first-order valence-electron chi connectivity index (χ1n) is 7.93. The highest BCUT2D eigenvalue weighted by molar-refractivity contribution is 7.93. The van der Waals surface area contributed by atoms with E-state index >= 15 is 0 Å². The molecule has 1 aromatic heterocycles. The van der Waals surface area contributed by atoms with Crippen LogP contribution in [0.5, 0.6) is 0 Å². The lowest BCUT2D eigenvalue weighted by Gasteiger charge is -2.08. The zero-order valence-electron chi connectivity index (χ0n) is 14.0. The van der Waals surface area contributed by atoms with Crippen molar-refractivity contribution in [2.75, 3.05) is 4.72 Å². The van der Waals surface area contributed by atoms with Gasteiger partial charge in [0.1, 0.15) is 4.90 Å². The van der Waals surface area contributed by atoms with Gasteiger partial charge in [-0.1, -0.05) is 37.3 Å². The topological polar surface area (TPSA) is 85.2 Å². The fourth-order valence-electron chi connectivity index (χ4n) is 2.40.